The molecular weight excluding hydrogens is 517 g/mol. The Balaban J connectivity index is 1.51. The molecule has 0 aromatic carbocycles. The zero-order valence-electron chi connectivity index (χ0n) is 22.2. The number of aromatic nitrogens is 3. The molecule has 0 saturated carbocycles. The SMILES string of the molecule is CCOCCN(CCCCc1ccc2c(n1)NCCC2)CCC(NC(=O)c1ccnn1CC(F)(F)F)C(=O)O. The van der Waals surface area contributed by atoms with Crippen LogP contribution < -0.4 is 10.6 Å². The van der Waals surface area contributed by atoms with Gasteiger partial charge in [-0.05, 0) is 69.7 Å². The van der Waals surface area contributed by atoms with Gasteiger partial charge >= 0.3 is 12.1 Å². The van der Waals surface area contributed by atoms with Gasteiger partial charge in [-0.2, -0.15) is 18.3 Å². The van der Waals surface area contributed by atoms with Crippen molar-refractivity contribution in [2.75, 3.05) is 44.7 Å². The quantitative estimate of drug-likeness (QED) is 0.271. The number of fused-ring (bicyclic) bond motifs is 1. The third-order valence-corrected chi connectivity index (χ3v) is 6.48. The van der Waals surface area contributed by atoms with Gasteiger partial charge in [-0.3, -0.25) is 9.48 Å². The number of alkyl halides is 3. The second-order valence-corrected chi connectivity index (χ2v) is 9.48. The van der Waals surface area contributed by atoms with E-state index in [1.54, 1.807) is 0 Å². The highest BCUT2D eigenvalue weighted by molar-refractivity contribution is 5.95. The number of amides is 1. The fourth-order valence-electron chi connectivity index (χ4n) is 4.45. The molecule has 1 amide bonds. The Kier molecular flexibility index (Phi) is 11.5. The maximum absolute atomic E-state index is 12.8. The average Bonchev–Trinajstić information content (AvgIpc) is 3.34. The molecule has 10 nitrogen and oxygen atoms in total. The maximum Gasteiger partial charge on any atom is 0.408 e. The lowest BCUT2D eigenvalue weighted by atomic mass is 10.1. The average molecular weight is 555 g/mol. The van der Waals surface area contributed by atoms with Crippen LogP contribution in [0.25, 0.3) is 0 Å². The van der Waals surface area contributed by atoms with Crippen LogP contribution in [0.5, 0.6) is 0 Å². The number of aryl methyl sites for hydroxylation is 2. The first-order valence-corrected chi connectivity index (χ1v) is 13.3. The Labute approximate surface area is 225 Å². The molecule has 3 N–H and O–H groups in total. The van der Waals surface area contributed by atoms with Crippen LogP contribution in [-0.2, 0) is 28.9 Å². The Morgan fingerprint density at radius 1 is 1.23 bits per heavy atom. The lowest BCUT2D eigenvalue weighted by molar-refractivity contribution is -0.143. The summed E-state index contributed by atoms with van der Waals surface area (Å²) < 4.78 is 44.3. The number of aliphatic carboxylic acids is 1. The minimum absolute atomic E-state index is 0.0820. The molecule has 1 atom stereocenters. The molecule has 3 heterocycles. The van der Waals surface area contributed by atoms with Crippen molar-refractivity contribution in [1.82, 2.24) is 25.0 Å². The van der Waals surface area contributed by atoms with Crippen LogP contribution in [-0.4, -0.2) is 88.3 Å². The highest BCUT2D eigenvalue weighted by Crippen LogP contribution is 2.20. The van der Waals surface area contributed by atoms with E-state index in [1.165, 1.54) is 5.56 Å². The number of carboxylic acids is 1. The van der Waals surface area contributed by atoms with Crippen molar-refractivity contribution in [1.29, 1.82) is 0 Å². The summed E-state index contributed by atoms with van der Waals surface area (Å²) in [5, 5.41) is 18.9. The predicted molar refractivity (Wildman–Crippen MR) is 139 cm³/mol. The molecule has 2 aromatic heterocycles. The number of carbonyl (C=O) groups is 2. The summed E-state index contributed by atoms with van der Waals surface area (Å²) in [7, 11) is 0. The minimum Gasteiger partial charge on any atom is -0.480 e. The van der Waals surface area contributed by atoms with E-state index < -0.39 is 30.6 Å². The lowest BCUT2D eigenvalue weighted by Crippen LogP contribution is -2.44. The van der Waals surface area contributed by atoms with Crippen molar-refractivity contribution in [3.8, 4) is 0 Å². The van der Waals surface area contributed by atoms with Crippen LogP contribution in [0.4, 0.5) is 19.0 Å². The molecule has 0 radical (unpaired) electrons. The highest BCUT2D eigenvalue weighted by atomic mass is 19.4. The molecule has 0 fully saturated rings. The number of carbonyl (C=O) groups excluding carboxylic acids is 1. The number of anilines is 1. The van der Waals surface area contributed by atoms with E-state index in [0.717, 1.165) is 62.4 Å². The number of halogens is 3. The largest absolute Gasteiger partial charge is 0.480 e. The van der Waals surface area contributed by atoms with Gasteiger partial charge in [-0.15, -0.1) is 0 Å². The van der Waals surface area contributed by atoms with Crippen LogP contribution >= 0.6 is 0 Å². The molecule has 216 valence electrons. The van der Waals surface area contributed by atoms with Crippen LogP contribution in [0.1, 0.15) is 54.4 Å². The number of nitrogens with one attached hydrogen (secondary N) is 2. The zero-order chi connectivity index (χ0) is 28.3. The second kappa shape index (κ2) is 14.8. The summed E-state index contributed by atoms with van der Waals surface area (Å²) in [5.74, 6) is -1.21. The summed E-state index contributed by atoms with van der Waals surface area (Å²) in [6.45, 7) is 4.09. The number of ether oxygens (including phenoxy) is 1. The molecule has 0 aliphatic carbocycles. The first-order valence-electron chi connectivity index (χ1n) is 13.3. The van der Waals surface area contributed by atoms with Crippen molar-refractivity contribution in [2.24, 2.45) is 0 Å². The first kappa shape index (κ1) is 30.4. The Bertz CT molecular complexity index is 1080. The van der Waals surface area contributed by atoms with Gasteiger partial charge < -0.3 is 25.4 Å². The van der Waals surface area contributed by atoms with Crippen molar-refractivity contribution >= 4 is 17.7 Å². The van der Waals surface area contributed by atoms with Gasteiger partial charge in [-0.1, -0.05) is 6.07 Å². The molecule has 0 saturated heterocycles. The topological polar surface area (TPSA) is 122 Å². The van der Waals surface area contributed by atoms with Gasteiger partial charge in [0.1, 0.15) is 24.1 Å². The molecular formula is C26H37F3N6O4. The van der Waals surface area contributed by atoms with E-state index in [9.17, 15) is 27.9 Å². The van der Waals surface area contributed by atoms with Gasteiger partial charge in [0.25, 0.3) is 5.91 Å². The Morgan fingerprint density at radius 3 is 2.79 bits per heavy atom. The summed E-state index contributed by atoms with van der Waals surface area (Å²) in [6, 6.07) is 4.06. The van der Waals surface area contributed by atoms with E-state index in [2.05, 4.69) is 32.8 Å². The maximum atomic E-state index is 12.8. The fraction of sp³-hybridized carbons (Fsp3) is 0.615. The molecule has 13 heteroatoms. The van der Waals surface area contributed by atoms with Gasteiger partial charge in [0.2, 0.25) is 0 Å². The molecule has 39 heavy (non-hydrogen) atoms. The van der Waals surface area contributed by atoms with E-state index in [0.29, 0.717) is 37.5 Å². The molecule has 1 unspecified atom stereocenters. The zero-order valence-corrected chi connectivity index (χ0v) is 22.2. The van der Waals surface area contributed by atoms with Crippen molar-refractivity contribution in [3.05, 3.63) is 41.3 Å². The van der Waals surface area contributed by atoms with Gasteiger partial charge in [-0.25, -0.2) is 9.78 Å². The molecule has 0 bridgehead atoms. The molecule has 1 aliphatic rings. The van der Waals surface area contributed by atoms with Crippen LogP contribution in [0.15, 0.2) is 24.4 Å². The van der Waals surface area contributed by atoms with E-state index >= 15 is 0 Å². The number of hydrogen-bond acceptors (Lipinski definition) is 7. The standard InChI is InChI=1S/C26H37F3N6O4/c1-2-39-17-16-34(14-4-3-7-20-9-8-19-6-5-12-30-23(19)32-20)15-11-21(25(37)38)33-24(36)22-10-13-31-35(22)18-26(27,28)29/h8-10,13,21H,2-7,11-12,14-18H2,1H3,(H,30,32)(H,33,36)(H,37,38). The van der Waals surface area contributed by atoms with E-state index in [1.807, 2.05) is 6.92 Å². The van der Waals surface area contributed by atoms with Crippen molar-refractivity contribution in [2.45, 2.75) is 64.2 Å². The van der Waals surface area contributed by atoms with E-state index in [4.69, 9.17) is 9.72 Å². The Morgan fingerprint density at radius 2 is 2.05 bits per heavy atom. The van der Waals surface area contributed by atoms with Gasteiger partial charge in [0, 0.05) is 38.1 Å². The third kappa shape index (κ3) is 10.1. The number of nitrogens with zero attached hydrogens (tertiary/aromatic N) is 4. The number of rotatable bonds is 16. The van der Waals surface area contributed by atoms with Crippen molar-refractivity contribution in [3.63, 3.8) is 0 Å². The van der Waals surface area contributed by atoms with Crippen LogP contribution in [0.3, 0.4) is 0 Å². The number of hydrogen-bond donors (Lipinski definition) is 3. The van der Waals surface area contributed by atoms with E-state index in [-0.39, 0.29) is 12.1 Å². The summed E-state index contributed by atoms with van der Waals surface area (Å²) in [5.41, 5.74) is 1.93. The molecule has 2 aromatic rings. The fourth-order valence-corrected chi connectivity index (χ4v) is 4.45. The summed E-state index contributed by atoms with van der Waals surface area (Å²) in [6.07, 6.45) is 1.33. The normalized spacial score (nSPS) is 14.1. The lowest BCUT2D eigenvalue weighted by Gasteiger charge is -2.24. The predicted octanol–water partition coefficient (Wildman–Crippen LogP) is 3.13. The minimum atomic E-state index is -4.57. The van der Waals surface area contributed by atoms with Crippen molar-refractivity contribution < 1.29 is 32.6 Å². The van der Waals surface area contributed by atoms with Gasteiger partial charge in [0.05, 0.1) is 6.61 Å². The molecule has 3 rings (SSSR count). The second-order valence-electron chi connectivity index (χ2n) is 9.48. The summed E-state index contributed by atoms with van der Waals surface area (Å²) >= 11 is 0. The molecule has 1 aliphatic heterocycles. The third-order valence-electron chi connectivity index (χ3n) is 6.48. The monoisotopic (exact) mass is 554 g/mol. The summed E-state index contributed by atoms with van der Waals surface area (Å²) in [4.78, 5) is 31.2. The number of unbranched alkanes of at least 4 members (excludes halogenated alkanes) is 1. The van der Waals surface area contributed by atoms with Crippen LogP contribution in [0.2, 0.25) is 0 Å². The first-order chi connectivity index (χ1) is 18.7. The highest BCUT2D eigenvalue weighted by Gasteiger charge is 2.31. The molecule has 0 spiro atoms. The van der Waals surface area contributed by atoms with Gasteiger partial charge in [0.15, 0.2) is 0 Å². The van der Waals surface area contributed by atoms with Crippen LogP contribution in [0, 0.1) is 0 Å². The Hall–Kier alpha value is -3.19. The number of pyridine rings is 1. The number of carboxylic acid groups (broad SMARTS) is 1. The smallest absolute Gasteiger partial charge is 0.408 e.